The summed E-state index contributed by atoms with van der Waals surface area (Å²) >= 11 is 0. The number of carbonyl (C=O) groups is 3. The standard InChI is InChI=1S/C5H6O4.C5H8O2/c1-3(5(8)9)2-4(6)7;1-3-5(6)7-4-2/h1-2H2,(H,6,7)(H,8,9);3H,1,4H2,2H3. The van der Waals surface area contributed by atoms with Gasteiger partial charge in [-0.1, -0.05) is 13.2 Å². The molecule has 0 aromatic carbocycles. The van der Waals surface area contributed by atoms with E-state index in [1.54, 1.807) is 6.92 Å². The number of carbonyl (C=O) groups excluding carboxylic acids is 1. The van der Waals surface area contributed by atoms with E-state index in [9.17, 15) is 14.4 Å². The third-order valence-corrected chi connectivity index (χ3v) is 1.12. The minimum Gasteiger partial charge on any atom is -0.481 e. The van der Waals surface area contributed by atoms with Crippen molar-refractivity contribution in [3.8, 4) is 0 Å². The van der Waals surface area contributed by atoms with E-state index < -0.39 is 18.4 Å². The summed E-state index contributed by atoms with van der Waals surface area (Å²) in [5.74, 6) is -2.80. The molecule has 0 rings (SSSR count). The van der Waals surface area contributed by atoms with Gasteiger partial charge in [-0.05, 0) is 6.92 Å². The largest absolute Gasteiger partial charge is 0.481 e. The van der Waals surface area contributed by atoms with Crippen LogP contribution in [0.15, 0.2) is 24.8 Å². The first kappa shape index (κ1) is 16.3. The molecule has 6 heteroatoms. The molecule has 0 aromatic heterocycles. The minimum absolute atomic E-state index is 0.303. The van der Waals surface area contributed by atoms with Gasteiger partial charge in [-0.2, -0.15) is 0 Å². The van der Waals surface area contributed by atoms with Crippen molar-refractivity contribution in [2.75, 3.05) is 6.61 Å². The van der Waals surface area contributed by atoms with Crippen LogP contribution in [-0.2, 0) is 19.1 Å². The summed E-state index contributed by atoms with van der Waals surface area (Å²) in [7, 11) is 0. The number of esters is 1. The lowest BCUT2D eigenvalue weighted by Crippen LogP contribution is -2.04. The van der Waals surface area contributed by atoms with Crippen LogP contribution in [0.1, 0.15) is 13.3 Å². The lowest BCUT2D eigenvalue weighted by molar-refractivity contribution is -0.139. The van der Waals surface area contributed by atoms with Crippen molar-refractivity contribution < 1.29 is 29.3 Å². The number of carboxylic acids is 2. The number of rotatable bonds is 5. The molecule has 0 unspecified atom stereocenters. The highest BCUT2D eigenvalue weighted by Crippen LogP contribution is 1.95. The molecule has 0 aliphatic rings. The molecule has 0 radical (unpaired) electrons. The Morgan fingerprint density at radius 1 is 1.31 bits per heavy atom. The molecule has 0 spiro atoms. The maximum atomic E-state index is 10.1. The number of aliphatic carboxylic acids is 2. The predicted octanol–water partition coefficient (Wildman–Crippen LogP) is 0.837. The van der Waals surface area contributed by atoms with Gasteiger partial charge in [0.05, 0.1) is 13.0 Å². The van der Waals surface area contributed by atoms with Crippen molar-refractivity contribution in [2.24, 2.45) is 0 Å². The van der Waals surface area contributed by atoms with Crippen molar-refractivity contribution in [3.63, 3.8) is 0 Å². The summed E-state index contributed by atoms with van der Waals surface area (Å²) < 4.78 is 4.43. The van der Waals surface area contributed by atoms with Crippen LogP contribution in [0, 0.1) is 0 Å². The van der Waals surface area contributed by atoms with Crippen LogP contribution in [-0.4, -0.2) is 34.7 Å². The highest BCUT2D eigenvalue weighted by Gasteiger charge is 2.07. The van der Waals surface area contributed by atoms with Crippen LogP contribution in [0.4, 0.5) is 0 Å². The molecular weight excluding hydrogens is 216 g/mol. The van der Waals surface area contributed by atoms with Gasteiger partial charge in [-0.3, -0.25) is 4.79 Å². The Kier molecular flexibility index (Phi) is 9.64. The molecule has 16 heavy (non-hydrogen) atoms. The lowest BCUT2D eigenvalue weighted by atomic mass is 10.2. The van der Waals surface area contributed by atoms with Crippen LogP contribution >= 0.6 is 0 Å². The second-order valence-electron chi connectivity index (χ2n) is 2.44. The zero-order valence-corrected chi connectivity index (χ0v) is 8.93. The van der Waals surface area contributed by atoms with Crippen LogP contribution < -0.4 is 0 Å². The number of carboxylic acid groups (broad SMARTS) is 2. The molecular formula is C10H14O6. The molecule has 0 saturated heterocycles. The van der Waals surface area contributed by atoms with E-state index in [2.05, 4.69) is 17.9 Å². The van der Waals surface area contributed by atoms with Gasteiger partial charge in [-0.25, -0.2) is 9.59 Å². The molecule has 2 N–H and O–H groups in total. The molecule has 0 bridgehead atoms. The van der Waals surface area contributed by atoms with Gasteiger partial charge in [-0.15, -0.1) is 0 Å². The maximum absolute atomic E-state index is 10.1. The molecule has 0 aliphatic heterocycles. The van der Waals surface area contributed by atoms with E-state index in [0.29, 0.717) is 6.61 Å². The summed E-state index contributed by atoms with van der Waals surface area (Å²) in [6.45, 7) is 8.39. The van der Waals surface area contributed by atoms with E-state index in [-0.39, 0.29) is 11.5 Å². The van der Waals surface area contributed by atoms with E-state index in [1.807, 2.05) is 0 Å². The Morgan fingerprint density at radius 3 is 1.94 bits per heavy atom. The van der Waals surface area contributed by atoms with Crippen LogP contribution in [0.2, 0.25) is 0 Å². The van der Waals surface area contributed by atoms with Gasteiger partial charge in [0.15, 0.2) is 0 Å². The van der Waals surface area contributed by atoms with Crippen molar-refractivity contribution >= 4 is 17.9 Å². The number of ether oxygens (including phenoxy) is 1. The van der Waals surface area contributed by atoms with Gasteiger partial charge in [0, 0.05) is 11.6 Å². The summed E-state index contributed by atoms with van der Waals surface area (Å²) in [6, 6.07) is 0. The summed E-state index contributed by atoms with van der Waals surface area (Å²) in [6.07, 6.45) is 0.638. The molecule has 90 valence electrons. The molecule has 0 aromatic rings. The first-order valence-electron chi connectivity index (χ1n) is 4.27. The third kappa shape index (κ3) is 11.9. The SMILES string of the molecule is C=C(CC(=O)O)C(=O)O.C=CC(=O)OCC. The predicted molar refractivity (Wildman–Crippen MR) is 55.9 cm³/mol. The van der Waals surface area contributed by atoms with Gasteiger partial charge >= 0.3 is 17.9 Å². The fourth-order valence-electron chi connectivity index (χ4n) is 0.459. The fraction of sp³-hybridized carbons (Fsp3) is 0.300. The maximum Gasteiger partial charge on any atom is 0.331 e. The van der Waals surface area contributed by atoms with Crippen molar-refractivity contribution in [1.29, 1.82) is 0 Å². The Bertz CT molecular complexity index is 292. The Morgan fingerprint density at radius 2 is 1.81 bits per heavy atom. The fourth-order valence-corrected chi connectivity index (χ4v) is 0.459. The van der Waals surface area contributed by atoms with E-state index in [0.717, 1.165) is 6.08 Å². The molecule has 0 amide bonds. The van der Waals surface area contributed by atoms with Crippen molar-refractivity contribution in [3.05, 3.63) is 24.8 Å². The van der Waals surface area contributed by atoms with Gasteiger partial charge in [0.1, 0.15) is 0 Å². The van der Waals surface area contributed by atoms with Gasteiger partial charge < -0.3 is 14.9 Å². The second kappa shape index (κ2) is 9.45. The Labute approximate surface area is 92.8 Å². The van der Waals surface area contributed by atoms with Crippen molar-refractivity contribution in [1.82, 2.24) is 0 Å². The normalized spacial score (nSPS) is 8.06. The van der Waals surface area contributed by atoms with E-state index >= 15 is 0 Å². The average molecular weight is 230 g/mol. The third-order valence-electron chi connectivity index (χ3n) is 1.12. The lowest BCUT2D eigenvalue weighted by Gasteiger charge is -1.91. The van der Waals surface area contributed by atoms with Gasteiger partial charge in [0.25, 0.3) is 0 Å². The monoisotopic (exact) mass is 230 g/mol. The van der Waals surface area contributed by atoms with E-state index in [4.69, 9.17) is 10.2 Å². The zero-order chi connectivity index (χ0) is 13.1. The molecule has 0 saturated carbocycles. The van der Waals surface area contributed by atoms with E-state index in [1.165, 1.54) is 0 Å². The van der Waals surface area contributed by atoms with Crippen LogP contribution in [0.3, 0.4) is 0 Å². The summed E-state index contributed by atoms with van der Waals surface area (Å²) in [5.41, 5.74) is -0.303. The topological polar surface area (TPSA) is 101 Å². The smallest absolute Gasteiger partial charge is 0.331 e. The Balaban J connectivity index is 0. The first-order chi connectivity index (χ1) is 7.34. The first-order valence-corrected chi connectivity index (χ1v) is 4.27. The Hall–Kier alpha value is -2.11. The zero-order valence-electron chi connectivity index (χ0n) is 8.93. The quantitative estimate of drug-likeness (QED) is 0.536. The van der Waals surface area contributed by atoms with Crippen LogP contribution in [0.5, 0.6) is 0 Å². The van der Waals surface area contributed by atoms with Crippen LogP contribution in [0.25, 0.3) is 0 Å². The second-order valence-corrected chi connectivity index (χ2v) is 2.44. The van der Waals surface area contributed by atoms with Gasteiger partial charge in [0.2, 0.25) is 0 Å². The molecule has 6 nitrogen and oxygen atoms in total. The van der Waals surface area contributed by atoms with Crippen molar-refractivity contribution in [2.45, 2.75) is 13.3 Å². The number of hydrogen-bond acceptors (Lipinski definition) is 4. The average Bonchev–Trinajstić information content (AvgIpc) is 2.18. The molecule has 0 heterocycles. The highest BCUT2D eigenvalue weighted by molar-refractivity contribution is 5.91. The molecule has 0 fully saturated rings. The molecule has 0 aliphatic carbocycles. The molecule has 0 atom stereocenters. The highest BCUT2D eigenvalue weighted by atomic mass is 16.5. The number of hydrogen-bond donors (Lipinski definition) is 2. The minimum atomic E-state index is -1.27. The summed E-state index contributed by atoms with van der Waals surface area (Å²) in [4.78, 5) is 29.7. The summed E-state index contributed by atoms with van der Waals surface area (Å²) in [5, 5.41) is 16.1.